The van der Waals surface area contributed by atoms with Crippen molar-refractivity contribution >= 4 is 16.1 Å². The van der Waals surface area contributed by atoms with Crippen LogP contribution in [0.15, 0.2) is 30.3 Å². The Balaban J connectivity index is 1.53. The first-order valence-electron chi connectivity index (χ1n) is 9.60. The predicted molar refractivity (Wildman–Crippen MR) is 105 cm³/mol. The van der Waals surface area contributed by atoms with Crippen molar-refractivity contribution in [3.05, 3.63) is 35.9 Å². The van der Waals surface area contributed by atoms with Gasteiger partial charge in [0.15, 0.2) is 0 Å². The summed E-state index contributed by atoms with van der Waals surface area (Å²) in [6.45, 7) is 4.82. The molecule has 2 saturated heterocycles. The van der Waals surface area contributed by atoms with Crippen molar-refractivity contribution < 1.29 is 13.2 Å². The Morgan fingerprint density at radius 3 is 2.37 bits per heavy atom. The third-order valence-electron chi connectivity index (χ3n) is 5.45. The molecule has 0 aromatic heterocycles. The predicted octanol–water partition coefficient (Wildman–Crippen LogP) is 0.849. The summed E-state index contributed by atoms with van der Waals surface area (Å²) in [5.74, 6) is -0.123. The van der Waals surface area contributed by atoms with E-state index in [-0.39, 0.29) is 11.8 Å². The average molecular weight is 395 g/mol. The molecule has 3 rings (SSSR count). The molecule has 2 heterocycles. The fourth-order valence-corrected chi connectivity index (χ4v) is 5.00. The molecule has 27 heavy (non-hydrogen) atoms. The molecule has 0 radical (unpaired) electrons. The zero-order chi connectivity index (χ0) is 19.4. The van der Waals surface area contributed by atoms with Gasteiger partial charge in [0.05, 0.1) is 5.92 Å². The van der Waals surface area contributed by atoms with Crippen LogP contribution >= 0.6 is 0 Å². The lowest BCUT2D eigenvalue weighted by Crippen LogP contribution is -2.53. The Hall–Kier alpha value is -1.48. The van der Waals surface area contributed by atoms with E-state index >= 15 is 0 Å². The number of benzene rings is 1. The van der Waals surface area contributed by atoms with Crippen LogP contribution in [0.4, 0.5) is 0 Å². The summed E-state index contributed by atoms with van der Waals surface area (Å²) in [5, 5.41) is 0. The summed E-state index contributed by atoms with van der Waals surface area (Å²) in [5.41, 5.74) is 1.29. The summed E-state index contributed by atoms with van der Waals surface area (Å²) in [4.78, 5) is 17.2. The molecule has 0 aliphatic carbocycles. The van der Waals surface area contributed by atoms with Crippen LogP contribution in [-0.2, 0) is 21.5 Å². The molecular weight excluding hydrogens is 364 g/mol. The minimum absolute atomic E-state index is 0.105. The van der Waals surface area contributed by atoms with E-state index in [9.17, 15) is 13.2 Å². The molecular formula is C19H30N4O3S. The third kappa shape index (κ3) is 4.87. The molecule has 1 atom stereocenters. The first kappa shape index (κ1) is 20.3. The highest BCUT2D eigenvalue weighted by Gasteiger charge is 2.35. The Morgan fingerprint density at radius 2 is 1.74 bits per heavy atom. The van der Waals surface area contributed by atoms with Crippen LogP contribution in [0.25, 0.3) is 0 Å². The highest BCUT2D eigenvalue weighted by atomic mass is 32.2. The van der Waals surface area contributed by atoms with Crippen LogP contribution in [0.2, 0.25) is 0 Å². The summed E-state index contributed by atoms with van der Waals surface area (Å²) in [6, 6.07) is 10.4. The summed E-state index contributed by atoms with van der Waals surface area (Å²) < 4.78 is 27.4. The largest absolute Gasteiger partial charge is 0.340 e. The van der Waals surface area contributed by atoms with E-state index in [0.29, 0.717) is 26.2 Å². The van der Waals surface area contributed by atoms with Gasteiger partial charge in [-0.1, -0.05) is 30.3 Å². The number of amides is 1. The van der Waals surface area contributed by atoms with E-state index in [0.717, 1.165) is 32.5 Å². The van der Waals surface area contributed by atoms with Gasteiger partial charge < -0.3 is 4.90 Å². The fourth-order valence-electron chi connectivity index (χ4n) is 3.81. The summed E-state index contributed by atoms with van der Waals surface area (Å²) in [7, 11) is -0.384. The Morgan fingerprint density at radius 1 is 1.07 bits per heavy atom. The van der Waals surface area contributed by atoms with E-state index in [4.69, 9.17) is 0 Å². The van der Waals surface area contributed by atoms with E-state index < -0.39 is 10.2 Å². The SMILES string of the molecule is CN(C)S(=O)(=O)N1CCC[C@@H](C(=O)N2CCN(Cc3ccccc3)CC2)C1. The maximum atomic E-state index is 12.9. The molecule has 2 aliphatic rings. The van der Waals surface area contributed by atoms with Gasteiger partial charge in [-0.05, 0) is 18.4 Å². The Kier molecular flexibility index (Phi) is 6.52. The fraction of sp³-hybridized carbons (Fsp3) is 0.632. The van der Waals surface area contributed by atoms with Gasteiger partial charge in [0, 0.05) is 59.9 Å². The number of nitrogens with zero attached hydrogens (tertiary/aromatic N) is 4. The molecule has 8 heteroatoms. The summed E-state index contributed by atoms with van der Waals surface area (Å²) >= 11 is 0. The Labute approximate surface area is 162 Å². The highest BCUT2D eigenvalue weighted by Crippen LogP contribution is 2.23. The maximum absolute atomic E-state index is 12.9. The van der Waals surface area contributed by atoms with Crippen LogP contribution in [0.3, 0.4) is 0 Å². The van der Waals surface area contributed by atoms with E-state index in [2.05, 4.69) is 17.0 Å². The monoisotopic (exact) mass is 394 g/mol. The van der Waals surface area contributed by atoms with Crippen LogP contribution < -0.4 is 0 Å². The molecule has 0 spiro atoms. The number of hydrogen-bond donors (Lipinski definition) is 0. The number of carbonyl (C=O) groups is 1. The minimum Gasteiger partial charge on any atom is -0.340 e. The van der Waals surface area contributed by atoms with Gasteiger partial charge in [0.25, 0.3) is 10.2 Å². The van der Waals surface area contributed by atoms with Crippen LogP contribution in [-0.4, -0.2) is 86.1 Å². The lowest BCUT2D eigenvalue weighted by atomic mass is 9.97. The van der Waals surface area contributed by atoms with Gasteiger partial charge in [-0.2, -0.15) is 17.0 Å². The van der Waals surface area contributed by atoms with Crippen molar-refractivity contribution in [3.8, 4) is 0 Å². The molecule has 0 saturated carbocycles. The van der Waals surface area contributed by atoms with Gasteiger partial charge in [-0.25, -0.2) is 0 Å². The van der Waals surface area contributed by atoms with Gasteiger partial charge in [0.2, 0.25) is 5.91 Å². The lowest BCUT2D eigenvalue weighted by Gasteiger charge is -2.39. The quantitative estimate of drug-likeness (QED) is 0.743. The van der Waals surface area contributed by atoms with Crippen molar-refractivity contribution in [2.24, 2.45) is 5.92 Å². The second-order valence-electron chi connectivity index (χ2n) is 7.57. The summed E-state index contributed by atoms with van der Waals surface area (Å²) in [6.07, 6.45) is 1.50. The normalized spacial score (nSPS) is 22.9. The standard InChI is InChI=1S/C19H30N4O3S/c1-20(2)27(25,26)23-10-6-9-18(16-23)19(24)22-13-11-21(12-14-22)15-17-7-4-3-5-8-17/h3-5,7-8,18H,6,9-16H2,1-2H3/t18-/m1/s1. The topological polar surface area (TPSA) is 64.2 Å². The molecule has 2 fully saturated rings. The molecule has 0 unspecified atom stereocenters. The van der Waals surface area contributed by atoms with Crippen LogP contribution in [0.5, 0.6) is 0 Å². The number of rotatable bonds is 5. The molecule has 1 amide bonds. The molecule has 0 N–H and O–H groups in total. The van der Waals surface area contributed by atoms with Gasteiger partial charge in [-0.3, -0.25) is 9.69 Å². The van der Waals surface area contributed by atoms with Gasteiger partial charge >= 0.3 is 0 Å². The van der Waals surface area contributed by atoms with Crippen molar-refractivity contribution in [1.29, 1.82) is 0 Å². The van der Waals surface area contributed by atoms with Crippen molar-refractivity contribution in [3.63, 3.8) is 0 Å². The molecule has 7 nitrogen and oxygen atoms in total. The molecule has 1 aromatic carbocycles. The zero-order valence-electron chi connectivity index (χ0n) is 16.2. The second-order valence-corrected chi connectivity index (χ2v) is 9.72. The van der Waals surface area contributed by atoms with E-state index in [1.807, 2.05) is 23.1 Å². The zero-order valence-corrected chi connectivity index (χ0v) is 17.1. The molecule has 1 aromatic rings. The molecule has 2 aliphatic heterocycles. The number of piperazine rings is 1. The third-order valence-corrected chi connectivity index (χ3v) is 7.36. The van der Waals surface area contributed by atoms with Crippen molar-refractivity contribution in [1.82, 2.24) is 18.4 Å². The lowest BCUT2D eigenvalue weighted by molar-refractivity contribution is -0.138. The van der Waals surface area contributed by atoms with Crippen molar-refractivity contribution in [2.45, 2.75) is 19.4 Å². The maximum Gasteiger partial charge on any atom is 0.281 e. The van der Waals surface area contributed by atoms with Crippen LogP contribution in [0, 0.1) is 5.92 Å². The van der Waals surface area contributed by atoms with E-state index in [1.165, 1.54) is 28.3 Å². The number of hydrogen-bond acceptors (Lipinski definition) is 4. The number of carbonyl (C=O) groups excluding carboxylic acids is 1. The van der Waals surface area contributed by atoms with Crippen molar-refractivity contribution in [2.75, 3.05) is 53.4 Å². The van der Waals surface area contributed by atoms with E-state index in [1.54, 1.807) is 0 Å². The average Bonchev–Trinajstić information content (AvgIpc) is 2.69. The van der Waals surface area contributed by atoms with Gasteiger partial charge in [0.1, 0.15) is 0 Å². The second kappa shape index (κ2) is 8.68. The number of piperidine rings is 1. The Bertz CT molecular complexity index is 731. The minimum atomic E-state index is -3.45. The van der Waals surface area contributed by atoms with Gasteiger partial charge in [-0.15, -0.1) is 0 Å². The molecule has 0 bridgehead atoms. The van der Waals surface area contributed by atoms with Crippen LogP contribution in [0.1, 0.15) is 18.4 Å². The smallest absolute Gasteiger partial charge is 0.281 e. The highest BCUT2D eigenvalue weighted by molar-refractivity contribution is 7.86. The molecule has 150 valence electrons. The first-order chi connectivity index (χ1) is 12.9. The first-order valence-corrected chi connectivity index (χ1v) is 11.0.